The molecular formula is C11H11N3O3. The number of nitrogens with zero attached hydrogens (tertiary/aromatic N) is 3. The zero-order valence-electron chi connectivity index (χ0n) is 9.72. The number of anilines is 1. The number of amides is 2. The normalized spacial score (nSPS) is 9.29. The zero-order valence-corrected chi connectivity index (χ0v) is 9.72. The van der Waals surface area contributed by atoms with Crippen LogP contribution in [0.2, 0.25) is 0 Å². The van der Waals surface area contributed by atoms with Crippen molar-refractivity contribution in [3.63, 3.8) is 0 Å². The number of hydrogen-bond acceptors (Lipinski definition) is 5. The van der Waals surface area contributed by atoms with Crippen molar-refractivity contribution in [2.75, 3.05) is 12.0 Å². The lowest BCUT2D eigenvalue weighted by molar-refractivity contribution is -0.124. The van der Waals surface area contributed by atoms with Crippen molar-refractivity contribution in [3.05, 3.63) is 17.8 Å². The van der Waals surface area contributed by atoms with Gasteiger partial charge in [-0.25, -0.2) is 9.88 Å². The molecule has 0 aliphatic heterocycles. The molecule has 6 nitrogen and oxygen atoms in total. The van der Waals surface area contributed by atoms with Crippen molar-refractivity contribution in [2.45, 2.75) is 13.8 Å². The number of methoxy groups -OCH3 is 1. The monoisotopic (exact) mass is 233 g/mol. The molecule has 0 unspecified atom stereocenters. The van der Waals surface area contributed by atoms with Crippen molar-refractivity contribution in [1.29, 1.82) is 5.26 Å². The minimum Gasteiger partial charge on any atom is -0.495 e. The molecule has 0 spiro atoms. The molecule has 0 N–H and O–H groups in total. The van der Waals surface area contributed by atoms with Crippen LogP contribution in [-0.2, 0) is 9.59 Å². The Morgan fingerprint density at radius 3 is 2.41 bits per heavy atom. The van der Waals surface area contributed by atoms with Crippen LogP contribution in [0.4, 0.5) is 5.82 Å². The molecular weight excluding hydrogens is 222 g/mol. The van der Waals surface area contributed by atoms with Gasteiger partial charge < -0.3 is 4.74 Å². The summed E-state index contributed by atoms with van der Waals surface area (Å²) in [5, 5.41) is 9.02. The van der Waals surface area contributed by atoms with E-state index in [4.69, 9.17) is 10.00 Å². The van der Waals surface area contributed by atoms with E-state index in [2.05, 4.69) is 4.98 Å². The topological polar surface area (TPSA) is 83.3 Å². The molecule has 0 fully saturated rings. The lowest BCUT2D eigenvalue weighted by atomic mass is 10.2. The molecule has 1 heterocycles. The van der Waals surface area contributed by atoms with Gasteiger partial charge >= 0.3 is 0 Å². The zero-order chi connectivity index (χ0) is 13.0. The number of nitriles is 1. The molecule has 0 saturated heterocycles. The van der Waals surface area contributed by atoms with Crippen LogP contribution in [0.3, 0.4) is 0 Å². The fraction of sp³-hybridized carbons (Fsp3) is 0.273. The second-order valence-corrected chi connectivity index (χ2v) is 3.20. The van der Waals surface area contributed by atoms with Gasteiger partial charge in [0.15, 0.2) is 5.82 Å². The molecule has 0 aromatic carbocycles. The van der Waals surface area contributed by atoms with Crippen LogP contribution in [0.5, 0.6) is 5.75 Å². The highest BCUT2D eigenvalue weighted by Crippen LogP contribution is 2.26. The summed E-state index contributed by atoms with van der Waals surface area (Å²) in [4.78, 5) is 27.5. The van der Waals surface area contributed by atoms with Gasteiger partial charge in [0.25, 0.3) is 0 Å². The molecule has 0 saturated carbocycles. The molecule has 6 heteroatoms. The fourth-order valence-electron chi connectivity index (χ4n) is 1.40. The third-order valence-corrected chi connectivity index (χ3v) is 2.07. The first-order valence-electron chi connectivity index (χ1n) is 4.77. The highest BCUT2D eigenvalue weighted by atomic mass is 16.5. The van der Waals surface area contributed by atoms with Crippen molar-refractivity contribution in [1.82, 2.24) is 4.98 Å². The van der Waals surface area contributed by atoms with E-state index in [1.54, 1.807) is 0 Å². The number of aromatic nitrogens is 1. The standard InChI is InChI=1S/C11H11N3O3/c1-7(15)14(8(2)16)11-9(6-12)10(17-3)4-5-13-11/h4-5H,1-3H3. The maximum absolute atomic E-state index is 11.4. The lowest BCUT2D eigenvalue weighted by Gasteiger charge is -2.17. The van der Waals surface area contributed by atoms with Gasteiger partial charge in [0.2, 0.25) is 11.8 Å². The number of carbonyl (C=O) groups excluding carboxylic acids is 2. The van der Waals surface area contributed by atoms with Crippen molar-refractivity contribution in [3.8, 4) is 11.8 Å². The fourth-order valence-corrected chi connectivity index (χ4v) is 1.40. The van der Waals surface area contributed by atoms with E-state index in [0.29, 0.717) is 0 Å². The Labute approximate surface area is 98.4 Å². The molecule has 2 amide bonds. The average molecular weight is 233 g/mol. The first kappa shape index (κ1) is 12.6. The van der Waals surface area contributed by atoms with Crippen molar-refractivity contribution < 1.29 is 14.3 Å². The van der Waals surface area contributed by atoms with Gasteiger partial charge in [-0.3, -0.25) is 9.59 Å². The summed E-state index contributed by atoms with van der Waals surface area (Å²) in [5.74, 6) is -0.749. The highest BCUT2D eigenvalue weighted by molar-refractivity contribution is 6.13. The predicted molar refractivity (Wildman–Crippen MR) is 59.3 cm³/mol. The van der Waals surface area contributed by atoms with Gasteiger partial charge in [0.1, 0.15) is 17.4 Å². The predicted octanol–water partition coefficient (Wildman–Crippen LogP) is 0.861. The summed E-state index contributed by atoms with van der Waals surface area (Å²) < 4.78 is 4.97. The summed E-state index contributed by atoms with van der Waals surface area (Å²) in [6.07, 6.45) is 1.37. The van der Waals surface area contributed by atoms with Crippen LogP contribution in [-0.4, -0.2) is 23.9 Å². The third kappa shape index (κ3) is 2.39. The van der Waals surface area contributed by atoms with E-state index in [1.807, 2.05) is 6.07 Å². The van der Waals surface area contributed by atoms with E-state index in [0.717, 1.165) is 4.90 Å². The average Bonchev–Trinajstić information content (AvgIpc) is 2.27. The molecule has 1 aromatic rings. The van der Waals surface area contributed by atoms with Gasteiger partial charge in [-0.1, -0.05) is 0 Å². The highest BCUT2D eigenvalue weighted by Gasteiger charge is 2.23. The Morgan fingerprint density at radius 2 is 2.00 bits per heavy atom. The van der Waals surface area contributed by atoms with E-state index in [9.17, 15) is 9.59 Å². The first-order valence-corrected chi connectivity index (χ1v) is 4.77. The molecule has 0 bridgehead atoms. The second-order valence-electron chi connectivity index (χ2n) is 3.20. The SMILES string of the molecule is COc1ccnc(N(C(C)=O)C(C)=O)c1C#N. The maximum Gasteiger partial charge on any atom is 0.231 e. The van der Waals surface area contributed by atoms with Crippen LogP contribution < -0.4 is 9.64 Å². The smallest absolute Gasteiger partial charge is 0.231 e. The third-order valence-electron chi connectivity index (χ3n) is 2.07. The summed E-state index contributed by atoms with van der Waals surface area (Å²) in [5.41, 5.74) is 0.0559. The Bertz CT molecular complexity index is 491. The molecule has 0 aliphatic carbocycles. The Kier molecular flexibility index (Phi) is 3.78. The van der Waals surface area contributed by atoms with Crippen molar-refractivity contribution >= 4 is 17.6 Å². The molecule has 1 rings (SSSR count). The number of ether oxygens (including phenoxy) is 1. The van der Waals surface area contributed by atoms with Crippen LogP contribution >= 0.6 is 0 Å². The molecule has 1 aromatic heterocycles. The van der Waals surface area contributed by atoms with Crippen LogP contribution in [0.1, 0.15) is 19.4 Å². The summed E-state index contributed by atoms with van der Waals surface area (Å²) >= 11 is 0. The quantitative estimate of drug-likeness (QED) is 0.756. The van der Waals surface area contributed by atoms with Crippen molar-refractivity contribution in [2.24, 2.45) is 0 Å². The summed E-state index contributed by atoms with van der Waals surface area (Å²) in [6, 6.07) is 3.36. The van der Waals surface area contributed by atoms with E-state index >= 15 is 0 Å². The first-order chi connectivity index (χ1) is 8.02. The largest absolute Gasteiger partial charge is 0.495 e. The second kappa shape index (κ2) is 5.07. The van der Waals surface area contributed by atoms with E-state index in [1.165, 1.54) is 33.2 Å². The Balaban J connectivity index is 3.44. The van der Waals surface area contributed by atoms with Gasteiger partial charge in [-0.15, -0.1) is 0 Å². The molecule has 0 aliphatic rings. The van der Waals surface area contributed by atoms with Gasteiger partial charge in [0, 0.05) is 20.0 Å². The van der Waals surface area contributed by atoms with Gasteiger partial charge in [0.05, 0.1) is 7.11 Å². The lowest BCUT2D eigenvalue weighted by Crippen LogP contribution is -2.34. The number of carbonyl (C=O) groups is 2. The Hall–Kier alpha value is -2.42. The Morgan fingerprint density at radius 1 is 1.41 bits per heavy atom. The van der Waals surface area contributed by atoms with Gasteiger partial charge in [-0.05, 0) is 6.07 Å². The minimum atomic E-state index is -0.505. The van der Waals surface area contributed by atoms with Crippen LogP contribution in [0.25, 0.3) is 0 Å². The van der Waals surface area contributed by atoms with Crippen LogP contribution in [0.15, 0.2) is 12.3 Å². The van der Waals surface area contributed by atoms with Gasteiger partial charge in [-0.2, -0.15) is 5.26 Å². The number of rotatable bonds is 2. The molecule has 88 valence electrons. The molecule has 17 heavy (non-hydrogen) atoms. The maximum atomic E-state index is 11.4. The number of imide groups is 1. The number of pyridine rings is 1. The number of hydrogen-bond donors (Lipinski definition) is 0. The summed E-state index contributed by atoms with van der Waals surface area (Å²) in [7, 11) is 1.39. The summed E-state index contributed by atoms with van der Waals surface area (Å²) in [6.45, 7) is 2.45. The molecule has 0 atom stereocenters. The minimum absolute atomic E-state index is 0.00755. The molecule has 0 radical (unpaired) electrons. The van der Waals surface area contributed by atoms with Crippen LogP contribution in [0, 0.1) is 11.3 Å². The van der Waals surface area contributed by atoms with E-state index < -0.39 is 11.8 Å². The van der Waals surface area contributed by atoms with E-state index in [-0.39, 0.29) is 17.1 Å².